The van der Waals surface area contributed by atoms with Gasteiger partial charge in [0.15, 0.2) is 0 Å². The maximum atomic E-state index is 12.9. The van der Waals surface area contributed by atoms with Crippen LogP contribution in [-0.2, 0) is 10.0 Å². The number of hydrogen-bond acceptors (Lipinski definition) is 2. The Morgan fingerprint density at radius 2 is 1.04 bits per heavy atom. The SMILES string of the molecule is [CH2]C([PH](c1ccccc1)(c1ccccc1)c1ccccc1)S(=O)(=O)NC. The summed E-state index contributed by atoms with van der Waals surface area (Å²) in [6.45, 7) is 4.19. The van der Waals surface area contributed by atoms with Crippen LogP contribution >= 0.6 is 7.26 Å². The van der Waals surface area contributed by atoms with Crippen LogP contribution in [0.4, 0.5) is 0 Å². The molecule has 0 saturated carbocycles. The first-order valence-electron chi connectivity index (χ1n) is 8.45. The summed E-state index contributed by atoms with van der Waals surface area (Å²) in [6, 6.07) is 29.7. The van der Waals surface area contributed by atoms with Crippen molar-refractivity contribution < 1.29 is 8.42 Å². The van der Waals surface area contributed by atoms with E-state index in [2.05, 4.69) is 11.6 Å². The molecule has 26 heavy (non-hydrogen) atoms. The van der Waals surface area contributed by atoms with Crippen LogP contribution in [0, 0.1) is 6.92 Å². The summed E-state index contributed by atoms with van der Waals surface area (Å²) in [5, 5.41) is 3.07. The van der Waals surface area contributed by atoms with E-state index >= 15 is 0 Å². The molecule has 0 fully saturated rings. The van der Waals surface area contributed by atoms with Crippen molar-refractivity contribution in [2.75, 3.05) is 7.05 Å². The first-order valence-corrected chi connectivity index (χ1v) is 12.1. The van der Waals surface area contributed by atoms with Crippen LogP contribution < -0.4 is 20.6 Å². The molecule has 0 aliphatic carbocycles. The van der Waals surface area contributed by atoms with E-state index in [1.807, 2.05) is 91.0 Å². The predicted molar refractivity (Wildman–Crippen MR) is 114 cm³/mol. The van der Waals surface area contributed by atoms with E-state index in [9.17, 15) is 8.42 Å². The third kappa shape index (κ3) is 3.21. The fourth-order valence-corrected chi connectivity index (χ4v) is 11.5. The van der Waals surface area contributed by atoms with Gasteiger partial charge < -0.3 is 0 Å². The van der Waals surface area contributed by atoms with Crippen molar-refractivity contribution in [1.29, 1.82) is 0 Å². The third-order valence-corrected chi connectivity index (χ3v) is 12.8. The van der Waals surface area contributed by atoms with Gasteiger partial charge in [0.2, 0.25) is 0 Å². The van der Waals surface area contributed by atoms with Crippen LogP contribution in [0.5, 0.6) is 0 Å². The molecule has 3 aromatic carbocycles. The topological polar surface area (TPSA) is 46.2 Å². The van der Waals surface area contributed by atoms with Gasteiger partial charge in [0, 0.05) is 0 Å². The molecule has 0 aliphatic rings. The van der Waals surface area contributed by atoms with Crippen molar-refractivity contribution in [3.63, 3.8) is 0 Å². The van der Waals surface area contributed by atoms with Crippen molar-refractivity contribution >= 4 is 33.2 Å². The quantitative estimate of drug-likeness (QED) is 0.664. The second kappa shape index (κ2) is 7.71. The van der Waals surface area contributed by atoms with Gasteiger partial charge in [-0.15, -0.1) is 0 Å². The first-order chi connectivity index (χ1) is 12.5. The molecule has 0 aliphatic heterocycles. The average Bonchev–Trinajstić information content (AvgIpc) is 2.71. The van der Waals surface area contributed by atoms with Crippen molar-refractivity contribution in [2.45, 2.75) is 4.99 Å². The standard InChI is InChI=1S/C21H23NO2PS/c1-18(26(23,24)22-2)25(19-12-6-3-7-13-19,20-14-8-4-9-15-20)21-16-10-5-11-17-21/h3-18,22,25H,1H2,2H3. The predicted octanol–water partition coefficient (Wildman–Crippen LogP) is 2.42. The molecule has 3 nitrogen and oxygen atoms in total. The van der Waals surface area contributed by atoms with Crippen molar-refractivity contribution in [3.8, 4) is 0 Å². The number of rotatable bonds is 6. The molecule has 1 radical (unpaired) electrons. The maximum absolute atomic E-state index is 12.9. The van der Waals surface area contributed by atoms with Crippen LogP contribution in [0.25, 0.3) is 0 Å². The monoisotopic (exact) mass is 384 g/mol. The Labute approximate surface area is 156 Å². The summed E-state index contributed by atoms with van der Waals surface area (Å²) in [5.41, 5.74) is 0. The second-order valence-electron chi connectivity index (χ2n) is 6.14. The van der Waals surface area contributed by atoms with Crippen LogP contribution in [-0.4, -0.2) is 20.5 Å². The second-order valence-corrected chi connectivity index (χ2v) is 12.7. The number of nitrogens with one attached hydrogen (secondary N) is 1. The van der Waals surface area contributed by atoms with Crippen molar-refractivity contribution in [3.05, 3.63) is 97.9 Å². The Bertz CT molecular complexity index is 848. The van der Waals surface area contributed by atoms with E-state index in [-0.39, 0.29) is 0 Å². The molecule has 0 aromatic heterocycles. The Balaban J connectivity index is 2.44. The molecule has 1 unspecified atom stereocenters. The van der Waals surface area contributed by atoms with Gasteiger partial charge in [-0.25, -0.2) is 0 Å². The minimum atomic E-state index is -3.60. The number of benzene rings is 3. The van der Waals surface area contributed by atoms with Gasteiger partial charge in [0.25, 0.3) is 0 Å². The van der Waals surface area contributed by atoms with E-state index in [1.54, 1.807) is 0 Å². The Hall–Kier alpha value is -2.00. The molecule has 0 spiro atoms. The van der Waals surface area contributed by atoms with E-state index in [0.717, 1.165) is 15.9 Å². The van der Waals surface area contributed by atoms with Crippen LogP contribution in [0.2, 0.25) is 0 Å². The zero-order valence-corrected chi connectivity index (χ0v) is 16.5. The summed E-state index contributed by atoms with van der Waals surface area (Å²) in [6.07, 6.45) is 0. The Kier molecular flexibility index (Phi) is 5.57. The normalized spacial score (nSPS) is 13.9. The first kappa shape index (κ1) is 18.8. The number of hydrogen-bond donors (Lipinski definition) is 1. The molecule has 5 heteroatoms. The molecular weight excluding hydrogens is 361 g/mol. The molecule has 1 N–H and O–H groups in total. The third-order valence-electron chi connectivity index (χ3n) is 4.83. The van der Waals surface area contributed by atoms with E-state index in [1.165, 1.54) is 7.05 Å². The van der Waals surface area contributed by atoms with Gasteiger partial charge in [-0.3, -0.25) is 0 Å². The van der Waals surface area contributed by atoms with Crippen LogP contribution in [0.15, 0.2) is 91.0 Å². The fourth-order valence-electron chi connectivity index (χ4n) is 3.54. The fraction of sp³-hybridized carbons (Fsp3) is 0.0952. The summed E-state index contributed by atoms with van der Waals surface area (Å²) in [7, 11) is -5.09. The molecule has 135 valence electrons. The molecule has 0 heterocycles. The van der Waals surface area contributed by atoms with E-state index < -0.39 is 22.3 Å². The molecule has 0 saturated heterocycles. The van der Waals surface area contributed by atoms with Gasteiger partial charge in [-0.1, -0.05) is 0 Å². The summed E-state index contributed by atoms with van der Waals surface area (Å²) in [4.78, 5) is -0.827. The van der Waals surface area contributed by atoms with Gasteiger partial charge in [-0.05, 0) is 0 Å². The molecule has 0 amide bonds. The Morgan fingerprint density at radius 3 is 1.31 bits per heavy atom. The number of sulfonamides is 1. The molecule has 1 atom stereocenters. The van der Waals surface area contributed by atoms with Gasteiger partial charge >= 0.3 is 156 Å². The van der Waals surface area contributed by atoms with E-state index in [4.69, 9.17) is 0 Å². The van der Waals surface area contributed by atoms with Crippen molar-refractivity contribution in [2.24, 2.45) is 0 Å². The molecule has 0 bridgehead atoms. The Morgan fingerprint density at radius 1 is 0.731 bits per heavy atom. The molecule has 3 aromatic rings. The van der Waals surface area contributed by atoms with Gasteiger partial charge in [0.1, 0.15) is 0 Å². The zero-order chi connectivity index (χ0) is 18.6. The zero-order valence-electron chi connectivity index (χ0n) is 14.7. The summed E-state index contributed by atoms with van der Waals surface area (Å²) in [5.74, 6) is 0. The van der Waals surface area contributed by atoms with Crippen molar-refractivity contribution in [1.82, 2.24) is 4.72 Å². The van der Waals surface area contributed by atoms with Gasteiger partial charge in [0.05, 0.1) is 0 Å². The van der Waals surface area contributed by atoms with Gasteiger partial charge in [-0.2, -0.15) is 0 Å². The summed E-state index contributed by atoms with van der Waals surface area (Å²) >= 11 is 0. The summed E-state index contributed by atoms with van der Waals surface area (Å²) < 4.78 is 28.4. The van der Waals surface area contributed by atoms with Crippen LogP contribution in [0.3, 0.4) is 0 Å². The van der Waals surface area contributed by atoms with E-state index in [0.29, 0.717) is 0 Å². The average molecular weight is 384 g/mol. The minimum absolute atomic E-state index is 0.827. The molecule has 3 rings (SSSR count). The molecular formula is C21H23NO2PS. The van der Waals surface area contributed by atoms with Crippen LogP contribution in [0.1, 0.15) is 0 Å².